The Morgan fingerprint density at radius 1 is 1.15 bits per heavy atom. The van der Waals surface area contributed by atoms with Crippen LogP contribution in [-0.4, -0.2) is 28.9 Å². The molecule has 0 bridgehead atoms. The lowest BCUT2D eigenvalue weighted by atomic mass is 9.94. The van der Waals surface area contributed by atoms with Gasteiger partial charge in [-0.15, -0.1) is 0 Å². The molecule has 0 radical (unpaired) electrons. The van der Waals surface area contributed by atoms with Gasteiger partial charge in [0.15, 0.2) is 6.10 Å². The first-order valence-corrected chi connectivity index (χ1v) is 7.17. The van der Waals surface area contributed by atoms with E-state index in [4.69, 9.17) is 9.57 Å². The fourth-order valence-corrected chi connectivity index (χ4v) is 2.37. The Labute approximate surface area is 119 Å². The van der Waals surface area contributed by atoms with Crippen molar-refractivity contribution in [2.24, 2.45) is 5.92 Å². The zero-order valence-electron chi connectivity index (χ0n) is 12.5. The van der Waals surface area contributed by atoms with Gasteiger partial charge >= 0.3 is 12.1 Å². The van der Waals surface area contributed by atoms with Gasteiger partial charge in [0.2, 0.25) is 0 Å². The van der Waals surface area contributed by atoms with Gasteiger partial charge < -0.3 is 9.84 Å². The Morgan fingerprint density at radius 3 is 2.15 bits per heavy atom. The summed E-state index contributed by atoms with van der Waals surface area (Å²) < 4.78 is 5.01. The monoisotopic (exact) mass is 287 g/mol. The number of aliphatic carboxylic acids is 1. The summed E-state index contributed by atoms with van der Waals surface area (Å²) in [5.74, 6) is -1.11. The lowest BCUT2D eigenvalue weighted by Gasteiger charge is -2.24. The lowest BCUT2D eigenvalue weighted by Crippen LogP contribution is -2.41. The second-order valence-electron chi connectivity index (χ2n) is 6.23. The summed E-state index contributed by atoms with van der Waals surface area (Å²) in [7, 11) is 0. The third kappa shape index (κ3) is 6.23. The van der Waals surface area contributed by atoms with Crippen LogP contribution in [0.3, 0.4) is 0 Å². The molecular weight excluding hydrogens is 262 g/mol. The van der Waals surface area contributed by atoms with Gasteiger partial charge in [0.05, 0.1) is 0 Å². The first-order valence-electron chi connectivity index (χ1n) is 7.17. The van der Waals surface area contributed by atoms with Gasteiger partial charge in [-0.2, -0.15) is 5.48 Å². The molecular formula is C14H25NO5. The molecule has 1 aliphatic carbocycles. The largest absolute Gasteiger partial charge is 0.479 e. The highest BCUT2D eigenvalue weighted by Gasteiger charge is 2.31. The average Bonchev–Trinajstić information content (AvgIpc) is 2.55. The van der Waals surface area contributed by atoms with Crippen LogP contribution in [-0.2, 0) is 14.4 Å². The number of nitrogens with one attached hydrogen (secondary N) is 1. The molecule has 0 aromatic rings. The second kappa shape index (κ2) is 7.47. The Hall–Kier alpha value is -1.30. The molecule has 1 saturated carbocycles. The smallest absolute Gasteiger partial charge is 0.431 e. The van der Waals surface area contributed by atoms with Gasteiger partial charge in [0.1, 0.15) is 5.60 Å². The van der Waals surface area contributed by atoms with Crippen LogP contribution in [0.25, 0.3) is 0 Å². The molecule has 0 aliphatic heterocycles. The number of hydrogen-bond acceptors (Lipinski definition) is 4. The maximum atomic E-state index is 11.5. The van der Waals surface area contributed by atoms with Crippen LogP contribution in [0.2, 0.25) is 0 Å². The number of rotatable bonds is 4. The van der Waals surface area contributed by atoms with Crippen LogP contribution in [0, 0.1) is 5.92 Å². The van der Waals surface area contributed by atoms with Crippen molar-refractivity contribution >= 4 is 12.1 Å². The van der Waals surface area contributed by atoms with E-state index in [9.17, 15) is 14.7 Å². The number of hydrogen-bond donors (Lipinski definition) is 2. The molecule has 1 amide bonds. The van der Waals surface area contributed by atoms with E-state index >= 15 is 0 Å². The number of carboxylic acids is 1. The quantitative estimate of drug-likeness (QED) is 0.613. The summed E-state index contributed by atoms with van der Waals surface area (Å²) in [4.78, 5) is 27.9. The third-order valence-electron chi connectivity index (χ3n) is 3.24. The number of hydroxylamine groups is 1. The fraction of sp³-hybridized carbons (Fsp3) is 0.857. The van der Waals surface area contributed by atoms with Crippen molar-refractivity contribution in [2.75, 3.05) is 0 Å². The number of carbonyl (C=O) groups excluding carboxylic acids is 1. The maximum Gasteiger partial charge on any atom is 0.431 e. The lowest BCUT2D eigenvalue weighted by molar-refractivity contribution is -0.160. The number of carboxylic acid groups (broad SMARTS) is 1. The molecule has 2 N–H and O–H groups in total. The van der Waals surface area contributed by atoms with E-state index in [1.54, 1.807) is 20.8 Å². The Bertz CT molecular complexity index is 329. The SMILES string of the molecule is CC(C)(C)OC(=O)NOC(C(=O)O)C1CCCCCC1. The number of ether oxygens (including phenoxy) is 1. The van der Waals surface area contributed by atoms with E-state index in [1.165, 1.54) is 0 Å². The molecule has 0 heterocycles. The van der Waals surface area contributed by atoms with Crippen LogP contribution in [0.1, 0.15) is 59.3 Å². The normalized spacial score (nSPS) is 18.9. The Morgan fingerprint density at radius 2 is 1.70 bits per heavy atom. The summed E-state index contributed by atoms with van der Waals surface area (Å²) in [6.07, 6.45) is 4.11. The van der Waals surface area contributed by atoms with Crippen molar-refractivity contribution in [1.29, 1.82) is 0 Å². The van der Waals surface area contributed by atoms with Crippen molar-refractivity contribution in [3.8, 4) is 0 Å². The summed E-state index contributed by atoms with van der Waals surface area (Å²) in [5, 5.41) is 9.25. The van der Waals surface area contributed by atoms with E-state index in [0.717, 1.165) is 38.5 Å². The van der Waals surface area contributed by atoms with Crippen molar-refractivity contribution in [2.45, 2.75) is 71.0 Å². The van der Waals surface area contributed by atoms with Crippen LogP contribution in [0.4, 0.5) is 4.79 Å². The standard InChI is InChI=1S/C14H25NO5/c1-14(2,3)19-13(18)15-20-11(12(16)17)10-8-6-4-5-7-9-10/h10-11H,4-9H2,1-3H3,(H,15,18)(H,16,17). The van der Waals surface area contributed by atoms with Crippen molar-refractivity contribution in [3.05, 3.63) is 0 Å². The van der Waals surface area contributed by atoms with E-state index in [-0.39, 0.29) is 5.92 Å². The highest BCUT2D eigenvalue weighted by atomic mass is 16.7. The van der Waals surface area contributed by atoms with Crippen LogP contribution in [0.15, 0.2) is 0 Å². The molecule has 1 unspecified atom stereocenters. The van der Waals surface area contributed by atoms with E-state index in [0.29, 0.717) is 0 Å². The molecule has 0 aromatic carbocycles. The molecule has 0 spiro atoms. The average molecular weight is 287 g/mol. The minimum Gasteiger partial charge on any atom is -0.479 e. The Balaban J connectivity index is 2.50. The number of amides is 1. The van der Waals surface area contributed by atoms with Crippen LogP contribution in [0.5, 0.6) is 0 Å². The molecule has 1 aliphatic rings. The summed E-state index contributed by atoms with van der Waals surface area (Å²) in [6.45, 7) is 5.19. The van der Waals surface area contributed by atoms with Crippen molar-refractivity contribution in [3.63, 3.8) is 0 Å². The van der Waals surface area contributed by atoms with Gasteiger partial charge in [-0.05, 0) is 39.5 Å². The molecule has 116 valence electrons. The zero-order valence-corrected chi connectivity index (χ0v) is 12.5. The van der Waals surface area contributed by atoms with E-state index < -0.39 is 23.8 Å². The van der Waals surface area contributed by atoms with Crippen LogP contribution < -0.4 is 5.48 Å². The summed E-state index contributed by atoms with van der Waals surface area (Å²) >= 11 is 0. The van der Waals surface area contributed by atoms with E-state index in [2.05, 4.69) is 5.48 Å². The summed E-state index contributed by atoms with van der Waals surface area (Å²) in [5.41, 5.74) is 1.45. The van der Waals surface area contributed by atoms with Crippen molar-refractivity contribution < 1.29 is 24.3 Å². The van der Waals surface area contributed by atoms with Crippen LogP contribution >= 0.6 is 0 Å². The minimum absolute atomic E-state index is 0.0649. The Kier molecular flexibility index (Phi) is 6.26. The highest BCUT2D eigenvalue weighted by Crippen LogP contribution is 2.27. The van der Waals surface area contributed by atoms with E-state index in [1.807, 2.05) is 0 Å². The van der Waals surface area contributed by atoms with Gasteiger partial charge in [0.25, 0.3) is 0 Å². The molecule has 1 atom stereocenters. The molecule has 20 heavy (non-hydrogen) atoms. The highest BCUT2D eigenvalue weighted by molar-refractivity contribution is 5.73. The van der Waals surface area contributed by atoms with Crippen molar-refractivity contribution in [1.82, 2.24) is 5.48 Å². The molecule has 6 heteroatoms. The third-order valence-corrected chi connectivity index (χ3v) is 3.24. The predicted molar refractivity (Wildman–Crippen MR) is 73.1 cm³/mol. The minimum atomic E-state index is -1.05. The van der Waals surface area contributed by atoms with Gasteiger partial charge in [-0.25, -0.2) is 9.59 Å². The molecule has 1 rings (SSSR count). The zero-order chi connectivity index (χ0) is 15.2. The topological polar surface area (TPSA) is 84.9 Å². The second-order valence-corrected chi connectivity index (χ2v) is 6.23. The molecule has 0 aromatic heterocycles. The molecule has 0 saturated heterocycles. The molecule has 6 nitrogen and oxygen atoms in total. The summed E-state index contributed by atoms with van der Waals surface area (Å²) in [6, 6.07) is 0. The van der Waals surface area contributed by atoms with Gasteiger partial charge in [0, 0.05) is 0 Å². The first kappa shape index (κ1) is 16.8. The number of carbonyl (C=O) groups is 2. The van der Waals surface area contributed by atoms with Gasteiger partial charge in [-0.1, -0.05) is 25.7 Å². The molecule has 1 fully saturated rings. The van der Waals surface area contributed by atoms with Gasteiger partial charge in [-0.3, -0.25) is 4.84 Å². The fourth-order valence-electron chi connectivity index (χ4n) is 2.37. The first-order chi connectivity index (χ1) is 9.29. The maximum absolute atomic E-state index is 11.5. The predicted octanol–water partition coefficient (Wildman–Crippen LogP) is 2.87.